The van der Waals surface area contributed by atoms with Crippen LogP contribution < -0.4 is 0 Å². The van der Waals surface area contributed by atoms with E-state index in [-0.39, 0.29) is 4.87 Å². The van der Waals surface area contributed by atoms with Gasteiger partial charge in [0.05, 0.1) is 4.87 Å². The Morgan fingerprint density at radius 1 is 0.909 bits per heavy atom. The minimum Gasteiger partial charge on any atom is -0.113 e. The SMILES string of the molecule is CC(C)C1=CC(C(C)C)=C(c2ccccc2)C(Cl)(C(C)C)C1. The molecule has 0 spiro atoms. The Bertz CT molecular complexity index is 575. The second-order valence-electron chi connectivity index (χ2n) is 7.42. The van der Waals surface area contributed by atoms with Crippen molar-refractivity contribution >= 4 is 17.2 Å². The van der Waals surface area contributed by atoms with Gasteiger partial charge in [-0.25, -0.2) is 0 Å². The van der Waals surface area contributed by atoms with E-state index < -0.39 is 0 Å². The lowest BCUT2D eigenvalue weighted by Crippen LogP contribution is -2.35. The molecular weight excluding hydrogens is 288 g/mol. The van der Waals surface area contributed by atoms with Crippen molar-refractivity contribution in [3.8, 4) is 0 Å². The standard InChI is InChI=1S/C21H29Cl/c1-14(2)18-12-19(15(3)4)20(17-10-8-7-9-11-17)21(22,13-18)16(5)6/h7-12,14-16H,13H2,1-6H3. The Morgan fingerprint density at radius 3 is 1.95 bits per heavy atom. The van der Waals surface area contributed by atoms with Crippen LogP contribution >= 0.6 is 11.6 Å². The van der Waals surface area contributed by atoms with E-state index >= 15 is 0 Å². The summed E-state index contributed by atoms with van der Waals surface area (Å²) in [6.45, 7) is 13.6. The van der Waals surface area contributed by atoms with Crippen LogP contribution in [-0.2, 0) is 0 Å². The van der Waals surface area contributed by atoms with Gasteiger partial charge in [0.1, 0.15) is 0 Å². The van der Waals surface area contributed by atoms with Gasteiger partial charge in [0.2, 0.25) is 0 Å². The molecule has 2 rings (SSSR count). The molecule has 0 amide bonds. The second-order valence-corrected chi connectivity index (χ2v) is 8.09. The van der Waals surface area contributed by atoms with Crippen LogP contribution in [0.4, 0.5) is 0 Å². The van der Waals surface area contributed by atoms with Gasteiger partial charge in [-0.2, -0.15) is 0 Å². The van der Waals surface area contributed by atoms with E-state index in [4.69, 9.17) is 11.6 Å². The molecule has 1 aliphatic rings. The van der Waals surface area contributed by atoms with Gasteiger partial charge in [0.15, 0.2) is 0 Å². The first-order valence-corrected chi connectivity index (χ1v) is 8.84. The van der Waals surface area contributed by atoms with Gasteiger partial charge in [-0.15, -0.1) is 11.6 Å². The molecule has 120 valence electrons. The van der Waals surface area contributed by atoms with Crippen molar-refractivity contribution in [3.05, 3.63) is 53.1 Å². The molecule has 0 fully saturated rings. The molecule has 1 heteroatoms. The molecule has 0 saturated carbocycles. The molecule has 1 aromatic carbocycles. The van der Waals surface area contributed by atoms with Crippen LogP contribution in [0.25, 0.3) is 5.57 Å². The summed E-state index contributed by atoms with van der Waals surface area (Å²) in [7, 11) is 0. The van der Waals surface area contributed by atoms with Crippen molar-refractivity contribution in [2.45, 2.75) is 52.8 Å². The molecule has 0 aromatic heterocycles. The highest BCUT2D eigenvalue weighted by atomic mass is 35.5. The number of rotatable bonds is 4. The van der Waals surface area contributed by atoms with Crippen LogP contribution in [0.15, 0.2) is 47.6 Å². The molecule has 1 atom stereocenters. The molecule has 0 nitrogen and oxygen atoms in total. The van der Waals surface area contributed by atoms with E-state index in [1.165, 1.54) is 22.3 Å². The second kappa shape index (κ2) is 6.62. The zero-order valence-corrected chi connectivity index (χ0v) is 15.5. The summed E-state index contributed by atoms with van der Waals surface area (Å²) < 4.78 is 0. The lowest BCUT2D eigenvalue weighted by molar-refractivity contribution is 0.482. The van der Waals surface area contributed by atoms with Crippen LogP contribution in [-0.4, -0.2) is 4.87 Å². The first-order valence-electron chi connectivity index (χ1n) is 8.46. The lowest BCUT2D eigenvalue weighted by Gasteiger charge is -2.41. The molecule has 0 N–H and O–H groups in total. The van der Waals surface area contributed by atoms with Crippen LogP contribution in [0.3, 0.4) is 0 Å². The molecule has 1 aliphatic carbocycles. The monoisotopic (exact) mass is 316 g/mol. The zero-order chi connectivity index (χ0) is 16.5. The Balaban J connectivity index is 2.73. The summed E-state index contributed by atoms with van der Waals surface area (Å²) in [6.07, 6.45) is 3.37. The average Bonchev–Trinajstić information content (AvgIpc) is 2.46. The molecular formula is C21H29Cl. The van der Waals surface area contributed by atoms with Gasteiger partial charge in [-0.1, -0.05) is 83.5 Å². The summed E-state index contributed by atoms with van der Waals surface area (Å²) in [5, 5.41) is 0. The number of benzene rings is 1. The highest BCUT2D eigenvalue weighted by molar-refractivity contribution is 6.31. The van der Waals surface area contributed by atoms with Crippen molar-refractivity contribution in [2.24, 2.45) is 17.8 Å². The van der Waals surface area contributed by atoms with Gasteiger partial charge >= 0.3 is 0 Å². The zero-order valence-electron chi connectivity index (χ0n) is 14.8. The van der Waals surface area contributed by atoms with E-state index in [1.54, 1.807) is 0 Å². The fourth-order valence-electron chi connectivity index (χ4n) is 3.28. The first kappa shape index (κ1) is 17.3. The number of allylic oxidation sites excluding steroid dienone is 4. The third-order valence-electron chi connectivity index (χ3n) is 4.85. The van der Waals surface area contributed by atoms with E-state index in [0.29, 0.717) is 17.8 Å². The Morgan fingerprint density at radius 2 is 1.50 bits per heavy atom. The summed E-state index contributed by atoms with van der Waals surface area (Å²) in [4.78, 5) is -0.310. The quantitative estimate of drug-likeness (QED) is 0.541. The highest BCUT2D eigenvalue weighted by Crippen LogP contribution is 2.51. The lowest BCUT2D eigenvalue weighted by atomic mass is 9.70. The predicted molar refractivity (Wildman–Crippen MR) is 99.2 cm³/mol. The number of hydrogen-bond donors (Lipinski definition) is 0. The van der Waals surface area contributed by atoms with E-state index in [0.717, 1.165) is 6.42 Å². The Hall–Kier alpha value is -1.01. The average molecular weight is 317 g/mol. The largest absolute Gasteiger partial charge is 0.113 e. The topological polar surface area (TPSA) is 0 Å². The summed E-state index contributed by atoms with van der Waals surface area (Å²) in [5.41, 5.74) is 5.50. The van der Waals surface area contributed by atoms with E-state index in [1.807, 2.05) is 0 Å². The third kappa shape index (κ3) is 3.18. The smallest absolute Gasteiger partial charge is 0.0763 e. The van der Waals surface area contributed by atoms with Crippen molar-refractivity contribution in [3.63, 3.8) is 0 Å². The van der Waals surface area contributed by atoms with Crippen molar-refractivity contribution in [2.75, 3.05) is 0 Å². The molecule has 0 aliphatic heterocycles. The summed E-state index contributed by atoms with van der Waals surface area (Å²) in [6, 6.07) is 10.7. The van der Waals surface area contributed by atoms with Crippen molar-refractivity contribution in [1.29, 1.82) is 0 Å². The van der Waals surface area contributed by atoms with Crippen LogP contribution in [0, 0.1) is 17.8 Å². The first-order chi connectivity index (χ1) is 10.3. The summed E-state index contributed by atoms with van der Waals surface area (Å²) in [5.74, 6) is 1.41. The molecule has 0 saturated heterocycles. The minimum atomic E-state index is -0.310. The third-order valence-corrected chi connectivity index (χ3v) is 5.61. The fourth-order valence-corrected chi connectivity index (χ4v) is 3.65. The van der Waals surface area contributed by atoms with Crippen LogP contribution in [0.1, 0.15) is 53.5 Å². The number of hydrogen-bond acceptors (Lipinski definition) is 0. The maximum absolute atomic E-state index is 7.29. The Kier molecular flexibility index (Phi) is 5.22. The van der Waals surface area contributed by atoms with Gasteiger partial charge in [-0.3, -0.25) is 0 Å². The molecule has 22 heavy (non-hydrogen) atoms. The molecule has 1 unspecified atom stereocenters. The summed E-state index contributed by atoms with van der Waals surface area (Å²) >= 11 is 7.29. The maximum Gasteiger partial charge on any atom is 0.0763 e. The van der Waals surface area contributed by atoms with Crippen LogP contribution in [0.5, 0.6) is 0 Å². The molecule has 0 bridgehead atoms. The van der Waals surface area contributed by atoms with Crippen molar-refractivity contribution in [1.82, 2.24) is 0 Å². The molecule has 0 radical (unpaired) electrons. The fraction of sp³-hybridized carbons (Fsp3) is 0.524. The Labute approximate surface area is 141 Å². The normalized spacial score (nSPS) is 22.7. The van der Waals surface area contributed by atoms with E-state index in [2.05, 4.69) is 78.0 Å². The van der Waals surface area contributed by atoms with Gasteiger partial charge in [-0.05, 0) is 40.9 Å². The van der Waals surface area contributed by atoms with Gasteiger partial charge in [0.25, 0.3) is 0 Å². The van der Waals surface area contributed by atoms with Gasteiger partial charge in [0, 0.05) is 0 Å². The maximum atomic E-state index is 7.29. The van der Waals surface area contributed by atoms with Crippen molar-refractivity contribution < 1.29 is 0 Å². The number of halogens is 1. The molecule has 0 heterocycles. The number of alkyl halides is 1. The van der Waals surface area contributed by atoms with Gasteiger partial charge < -0.3 is 0 Å². The highest BCUT2D eigenvalue weighted by Gasteiger charge is 2.41. The minimum absolute atomic E-state index is 0.310. The predicted octanol–water partition coefficient (Wildman–Crippen LogP) is 6.72. The molecule has 1 aromatic rings. The van der Waals surface area contributed by atoms with Crippen LogP contribution in [0.2, 0.25) is 0 Å². The van der Waals surface area contributed by atoms with E-state index in [9.17, 15) is 0 Å².